The summed E-state index contributed by atoms with van der Waals surface area (Å²) in [6, 6.07) is 0. The first-order valence-corrected chi connectivity index (χ1v) is 22.4. The fourth-order valence-electron chi connectivity index (χ4n) is 6.66. The number of rotatable bonds is 35. The summed E-state index contributed by atoms with van der Waals surface area (Å²) in [7, 11) is -3.80. The molecule has 0 rings (SSSR count). The van der Waals surface area contributed by atoms with Crippen molar-refractivity contribution in [2.75, 3.05) is 64.9 Å². The number of hydrogen-bond donors (Lipinski definition) is 0. The number of unbranched alkanes of at least 4 members (excludes halogenated alkanes) is 20. The van der Waals surface area contributed by atoms with Gasteiger partial charge in [0.05, 0.1) is 60.5 Å². The van der Waals surface area contributed by atoms with Crippen LogP contribution in [0, 0.1) is 0 Å². The molecule has 0 aliphatic rings. The molecule has 0 heterocycles. The minimum atomic E-state index is -4.19. The van der Waals surface area contributed by atoms with Gasteiger partial charge in [0.25, 0.3) is 0 Å². The fraction of sp³-hybridized carbons (Fsp3) is 1.00. The Morgan fingerprint density at radius 1 is 0.348 bits per heavy atom. The zero-order valence-electron chi connectivity index (χ0n) is 30.8. The lowest BCUT2D eigenvalue weighted by Gasteiger charge is -2.40. The van der Waals surface area contributed by atoms with Gasteiger partial charge in [0, 0.05) is 11.5 Å². The number of hydrogen-bond acceptors (Lipinski definition) is 6. The average Bonchev–Trinajstić information content (AvgIpc) is 2.98. The third-order valence-corrected chi connectivity index (χ3v) is 11.5. The Kier molecular flexibility index (Phi) is 27.4. The van der Waals surface area contributed by atoms with Crippen LogP contribution in [0.15, 0.2) is 0 Å². The van der Waals surface area contributed by atoms with E-state index in [0.717, 1.165) is 73.9 Å². The van der Waals surface area contributed by atoms with E-state index in [-0.39, 0.29) is 11.5 Å². The van der Waals surface area contributed by atoms with Crippen molar-refractivity contribution in [3.05, 3.63) is 0 Å². The smallest absolute Gasteiger partial charge is 0.128 e. The van der Waals surface area contributed by atoms with E-state index in [1.165, 1.54) is 116 Å². The lowest BCUT2D eigenvalue weighted by atomic mass is 10.1. The molecule has 2 unspecified atom stereocenters. The standard InChI is InChI=1S/C36H76N2O6S2/c1-5-7-9-11-13-15-17-19-21-23-29-37(3,31-25-27-35-45(39,40)41)33-34-38(4,32-26-28-36-46(42,43)44)30-24-22-20-18-16-14-12-10-8-6-2/h5-36H2,1-4H3. The van der Waals surface area contributed by atoms with Crippen LogP contribution in [0.4, 0.5) is 0 Å². The Balaban J connectivity index is 5.02. The average molecular weight is 697 g/mol. The molecule has 0 radical (unpaired) electrons. The van der Waals surface area contributed by atoms with Gasteiger partial charge in [-0.3, -0.25) is 0 Å². The van der Waals surface area contributed by atoms with E-state index < -0.39 is 20.2 Å². The molecular formula is C36H76N2O6S2. The third kappa shape index (κ3) is 31.0. The van der Waals surface area contributed by atoms with Crippen molar-refractivity contribution in [3.8, 4) is 0 Å². The molecule has 10 heteroatoms. The van der Waals surface area contributed by atoms with Gasteiger partial charge in [-0.1, -0.05) is 117 Å². The van der Waals surface area contributed by atoms with Gasteiger partial charge in [-0.25, -0.2) is 16.8 Å². The van der Waals surface area contributed by atoms with Crippen LogP contribution < -0.4 is 0 Å². The summed E-state index contributed by atoms with van der Waals surface area (Å²) >= 11 is 0. The van der Waals surface area contributed by atoms with Gasteiger partial charge in [-0.15, -0.1) is 0 Å². The predicted molar refractivity (Wildman–Crippen MR) is 193 cm³/mol. The maximum Gasteiger partial charge on any atom is 0.128 e. The summed E-state index contributed by atoms with van der Waals surface area (Å²) in [6.07, 6.45) is 28.1. The lowest BCUT2D eigenvalue weighted by Crippen LogP contribution is -2.55. The van der Waals surface area contributed by atoms with Gasteiger partial charge in [0.15, 0.2) is 0 Å². The van der Waals surface area contributed by atoms with Gasteiger partial charge < -0.3 is 18.1 Å². The molecule has 8 nitrogen and oxygen atoms in total. The molecule has 2 atom stereocenters. The van der Waals surface area contributed by atoms with Gasteiger partial charge >= 0.3 is 0 Å². The minimum Gasteiger partial charge on any atom is -0.748 e. The fourth-order valence-corrected chi connectivity index (χ4v) is 7.78. The highest BCUT2D eigenvalue weighted by Crippen LogP contribution is 2.18. The van der Waals surface area contributed by atoms with E-state index in [1.54, 1.807) is 0 Å². The molecule has 0 aromatic carbocycles. The highest BCUT2D eigenvalue weighted by molar-refractivity contribution is 7.85. The van der Waals surface area contributed by atoms with Crippen LogP contribution in [0.2, 0.25) is 0 Å². The molecule has 0 spiro atoms. The van der Waals surface area contributed by atoms with Crippen LogP contribution in [0.25, 0.3) is 0 Å². The Morgan fingerprint density at radius 2 is 0.565 bits per heavy atom. The SMILES string of the molecule is CCCCCCCCCCCC[N+](C)(CCCCS(=O)(=O)[O-])CC[N+](C)(CCCCCCCCCCCC)CCCCS(=O)(=O)[O-]. The summed E-state index contributed by atoms with van der Waals surface area (Å²) in [4.78, 5) is 0. The van der Waals surface area contributed by atoms with Crippen molar-refractivity contribution in [3.63, 3.8) is 0 Å². The maximum atomic E-state index is 11.2. The Labute approximate surface area is 287 Å². The Morgan fingerprint density at radius 3 is 0.804 bits per heavy atom. The maximum absolute atomic E-state index is 11.2. The molecule has 0 saturated carbocycles. The molecule has 0 fully saturated rings. The van der Waals surface area contributed by atoms with Crippen LogP contribution in [-0.4, -0.2) is 99.8 Å². The first-order valence-electron chi connectivity index (χ1n) is 19.3. The monoisotopic (exact) mass is 697 g/mol. The van der Waals surface area contributed by atoms with Gasteiger partial charge in [0.2, 0.25) is 0 Å². The number of quaternary nitrogens is 2. The van der Waals surface area contributed by atoms with E-state index in [1.807, 2.05) is 0 Å². The summed E-state index contributed by atoms with van der Waals surface area (Å²) in [5, 5.41) is 0. The normalized spacial score (nSPS) is 15.2. The molecule has 0 amide bonds. The van der Waals surface area contributed by atoms with Gasteiger partial charge in [0.1, 0.15) is 13.1 Å². The molecule has 0 N–H and O–H groups in total. The quantitative estimate of drug-likeness (QED) is 0.0374. The number of nitrogens with zero attached hydrogens (tertiary/aromatic N) is 2. The zero-order chi connectivity index (χ0) is 34.6. The summed E-state index contributed by atoms with van der Waals surface area (Å²) in [5.41, 5.74) is 0. The molecule has 0 bridgehead atoms. The molecule has 0 aromatic heterocycles. The second kappa shape index (κ2) is 27.5. The minimum absolute atomic E-state index is 0.291. The van der Waals surface area contributed by atoms with Crippen LogP contribution in [0.1, 0.15) is 168 Å². The lowest BCUT2D eigenvalue weighted by molar-refractivity contribution is -0.964. The molecule has 0 aliphatic heterocycles. The van der Waals surface area contributed by atoms with Gasteiger partial charge in [-0.05, 0) is 51.4 Å². The largest absolute Gasteiger partial charge is 0.748 e. The van der Waals surface area contributed by atoms with Crippen molar-refractivity contribution in [2.45, 2.75) is 168 Å². The van der Waals surface area contributed by atoms with E-state index >= 15 is 0 Å². The Hall–Kier alpha value is -0.260. The molecular weight excluding hydrogens is 621 g/mol. The van der Waals surface area contributed by atoms with Gasteiger partial charge in [-0.2, -0.15) is 0 Å². The topological polar surface area (TPSA) is 114 Å². The van der Waals surface area contributed by atoms with Crippen molar-refractivity contribution >= 4 is 20.2 Å². The van der Waals surface area contributed by atoms with Crippen molar-refractivity contribution in [1.29, 1.82) is 0 Å². The highest BCUT2D eigenvalue weighted by Gasteiger charge is 2.28. The third-order valence-electron chi connectivity index (χ3n) is 9.97. The predicted octanol–water partition coefficient (Wildman–Crippen LogP) is 8.37. The first kappa shape index (κ1) is 45.7. The van der Waals surface area contributed by atoms with Crippen molar-refractivity contribution in [1.82, 2.24) is 0 Å². The number of likely N-dealkylation sites (N-methyl/N-ethyl adjacent to an activating group) is 2. The summed E-state index contributed by atoms with van der Waals surface area (Å²) < 4.78 is 68.9. The molecule has 278 valence electrons. The summed E-state index contributed by atoms with van der Waals surface area (Å²) in [5.74, 6) is -0.583. The second-order valence-electron chi connectivity index (χ2n) is 14.9. The zero-order valence-corrected chi connectivity index (χ0v) is 32.4. The van der Waals surface area contributed by atoms with E-state index in [2.05, 4.69) is 27.9 Å². The molecule has 0 aromatic rings. The Bertz CT molecular complexity index is 841. The molecule has 46 heavy (non-hydrogen) atoms. The molecule has 0 saturated heterocycles. The van der Waals surface area contributed by atoms with E-state index in [0.29, 0.717) is 12.8 Å². The van der Waals surface area contributed by atoms with Crippen LogP contribution in [0.5, 0.6) is 0 Å². The summed E-state index contributed by atoms with van der Waals surface area (Å²) in [6.45, 7) is 10.3. The van der Waals surface area contributed by atoms with E-state index in [4.69, 9.17) is 0 Å². The van der Waals surface area contributed by atoms with Crippen molar-refractivity contribution < 1.29 is 34.9 Å². The second-order valence-corrected chi connectivity index (χ2v) is 17.9. The van der Waals surface area contributed by atoms with Crippen LogP contribution in [0.3, 0.4) is 0 Å². The first-order chi connectivity index (χ1) is 21.7. The molecule has 0 aliphatic carbocycles. The van der Waals surface area contributed by atoms with Crippen molar-refractivity contribution in [2.24, 2.45) is 0 Å². The van der Waals surface area contributed by atoms with Crippen LogP contribution >= 0.6 is 0 Å². The van der Waals surface area contributed by atoms with Crippen LogP contribution in [-0.2, 0) is 20.2 Å². The van der Waals surface area contributed by atoms with E-state index in [9.17, 15) is 25.9 Å². The highest BCUT2D eigenvalue weighted by atomic mass is 32.2.